The second kappa shape index (κ2) is 9.34. The van der Waals surface area contributed by atoms with Crippen LogP contribution in [0.25, 0.3) is 0 Å². The molecule has 3 amide bonds. The van der Waals surface area contributed by atoms with Crippen molar-refractivity contribution in [3.63, 3.8) is 0 Å². The van der Waals surface area contributed by atoms with Gasteiger partial charge >= 0.3 is 6.03 Å². The van der Waals surface area contributed by atoms with Gasteiger partial charge in [0.15, 0.2) is 0 Å². The minimum absolute atomic E-state index is 0.0804. The van der Waals surface area contributed by atoms with Crippen molar-refractivity contribution in [1.82, 2.24) is 10.2 Å². The van der Waals surface area contributed by atoms with E-state index in [1.807, 2.05) is 0 Å². The lowest BCUT2D eigenvalue weighted by Crippen LogP contribution is -2.43. The first-order valence-corrected chi connectivity index (χ1v) is 9.68. The van der Waals surface area contributed by atoms with E-state index in [0.29, 0.717) is 30.9 Å². The molecular weight excluding hydrogens is 391 g/mol. The molecule has 0 atom stereocenters. The van der Waals surface area contributed by atoms with Gasteiger partial charge in [0.05, 0.1) is 4.92 Å². The summed E-state index contributed by atoms with van der Waals surface area (Å²) in [5.74, 6) is -0.505. The first kappa shape index (κ1) is 21.2. The van der Waals surface area contributed by atoms with Gasteiger partial charge in [0, 0.05) is 42.5 Å². The Balaban J connectivity index is 1.46. The van der Waals surface area contributed by atoms with E-state index in [2.05, 4.69) is 10.6 Å². The van der Waals surface area contributed by atoms with Crippen LogP contribution in [0.5, 0.6) is 0 Å². The number of nitrogens with one attached hydrogen (secondary N) is 2. The number of urea groups is 1. The summed E-state index contributed by atoms with van der Waals surface area (Å²) >= 11 is 0. The van der Waals surface area contributed by atoms with Crippen molar-refractivity contribution < 1.29 is 18.9 Å². The standard InChI is InChI=1S/C21H23FN4O4/c1-14-2-3-16(12-19(14)26(29)30)20(27)23-13-15-8-10-25(11-9-15)21(28)24-18-6-4-17(22)5-7-18/h2-7,12,15H,8-11,13H2,1H3,(H,23,27)(H,24,28). The van der Waals surface area contributed by atoms with E-state index in [0.717, 1.165) is 12.8 Å². The van der Waals surface area contributed by atoms with Crippen molar-refractivity contribution in [2.24, 2.45) is 5.92 Å². The minimum Gasteiger partial charge on any atom is -0.352 e. The topological polar surface area (TPSA) is 105 Å². The minimum atomic E-state index is -0.501. The maximum absolute atomic E-state index is 12.9. The van der Waals surface area contributed by atoms with Crippen LogP contribution in [0.3, 0.4) is 0 Å². The average molecular weight is 414 g/mol. The summed E-state index contributed by atoms with van der Waals surface area (Å²) in [4.78, 5) is 36.9. The summed E-state index contributed by atoms with van der Waals surface area (Å²) in [6.45, 7) is 3.15. The highest BCUT2D eigenvalue weighted by atomic mass is 19.1. The van der Waals surface area contributed by atoms with E-state index in [4.69, 9.17) is 0 Å². The molecule has 0 unspecified atom stereocenters. The van der Waals surface area contributed by atoms with Gasteiger partial charge in [-0.05, 0) is 56.0 Å². The van der Waals surface area contributed by atoms with Gasteiger partial charge in [-0.3, -0.25) is 14.9 Å². The zero-order chi connectivity index (χ0) is 21.7. The molecule has 1 heterocycles. The molecule has 1 aliphatic heterocycles. The number of carbonyl (C=O) groups is 2. The Labute approximate surface area is 173 Å². The van der Waals surface area contributed by atoms with Crippen molar-refractivity contribution in [1.29, 1.82) is 0 Å². The molecule has 1 aliphatic rings. The number of amides is 3. The van der Waals surface area contributed by atoms with Crippen molar-refractivity contribution in [2.45, 2.75) is 19.8 Å². The summed E-state index contributed by atoms with van der Waals surface area (Å²) in [5, 5.41) is 16.6. The Kier molecular flexibility index (Phi) is 6.61. The van der Waals surface area contributed by atoms with Gasteiger partial charge in [-0.25, -0.2) is 9.18 Å². The fourth-order valence-electron chi connectivity index (χ4n) is 3.36. The number of nitro groups is 1. The molecule has 9 heteroatoms. The molecule has 1 fully saturated rings. The molecule has 0 radical (unpaired) electrons. The Morgan fingerprint density at radius 1 is 1.17 bits per heavy atom. The Morgan fingerprint density at radius 3 is 2.47 bits per heavy atom. The Bertz CT molecular complexity index is 941. The fourth-order valence-corrected chi connectivity index (χ4v) is 3.36. The number of anilines is 1. The lowest BCUT2D eigenvalue weighted by atomic mass is 9.97. The molecule has 0 spiro atoms. The Hall–Kier alpha value is -3.49. The number of nitro benzene ring substituents is 1. The molecule has 0 aromatic heterocycles. The van der Waals surface area contributed by atoms with Gasteiger partial charge in [0.25, 0.3) is 11.6 Å². The number of hydrogen-bond donors (Lipinski definition) is 2. The quantitative estimate of drug-likeness (QED) is 0.575. The van der Waals surface area contributed by atoms with Crippen LogP contribution in [0.2, 0.25) is 0 Å². The van der Waals surface area contributed by atoms with Crippen LogP contribution in [0.15, 0.2) is 42.5 Å². The number of benzene rings is 2. The third kappa shape index (κ3) is 5.31. The number of halogens is 1. The van der Waals surface area contributed by atoms with E-state index < -0.39 is 4.92 Å². The van der Waals surface area contributed by atoms with E-state index in [1.165, 1.54) is 30.3 Å². The molecule has 0 bridgehead atoms. The molecule has 0 aliphatic carbocycles. The highest BCUT2D eigenvalue weighted by Crippen LogP contribution is 2.20. The van der Waals surface area contributed by atoms with Gasteiger partial charge < -0.3 is 15.5 Å². The molecule has 8 nitrogen and oxygen atoms in total. The third-order valence-electron chi connectivity index (χ3n) is 5.22. The van der Waals surface area contributed by atoms with Crippen LogP contribution < -0.4 is 10.6 Å². The summed E-state index contributed by atoms with van der Waals surface area (Å²) in [7, 11) is 0. The van der Waals surface area contributed by atoms with E-state index >= 15 is 0 Å². The number of likely N-dealkylation sites (tertiary alicyclic amines) is 1. The van der Waals surface area contributed by atoms with Crippen LogP contribution in [0.1, 0.15) is 28.8 Å². The Morgan fingerprint density at radius 2 is 1.83 bits per heavy atom. The van der Waals surface area contributed by atoms with E-state index in [1.54, 1.807) is 24.0 Å². The average Bonchev–Trinajstić information content (AvgIpc) is 2.74. The third-order valence-corrected chi connectivity index (χ3v) is 5.22. The van der Waals surface area contributed by atoms with Crippen LogP contribution in [0.4, 0.5) is 20.6 Å². The first-order chi connectivity index (χ1) is 14.3. The second-order valence-electron chi connectivity index (χ2n) is 7.34. The largest absolute Gasteiger partial charge is 0.352 e. The highest BCUT2D eigenvalue weighted by Gasteiger charge is 2.23. The summed E-state index contributed by atoms with van der Waals surface area (Å²) in [6.07, 6.45) is 1.45. The summed E-state index contributed by atoms with van der Waals surface area (Å²) in [6, 6.07) is 9.75. The van der Waals surface area contributed by atoms with Gasteiger partial charge in [0.2, 0.25) is 0 Å². The number of hydrogen-bond acceptors (Lipinski definition) is 4. The number of nitrogens with zero attached hydrogens (tertiary/aromatic N) is 2. The molecule has 30 heavy (non-hydrogen) atoms. The smallest absolute Gasteiger partial charge is 0.321 e. The zero-order valence-electron chi connectivity index (χ0n) is 16.6. The molecule has 0 saturated carbocycles. The van der Waals surface area contributed by atoms with Crippen LogP contribution >= 0.6 is 0 Å². The molecule has 2 aromatic carbocycles. The lowest BCUT2D eigenvalue weighted by molar-refractivity contribution is -0.385. The number of piperidine rings is 1. The molecule has 3 rings (SSSR count). The number of carbonyl (C=O) groups excluding carboxylic acids is 2. The van der Waals surface area contributed by atoms with Gasteiger partial charge in [-0.2, -0.15) is 0 Å². The van der Waals surface area contributed by atoms with Crippen LogP contribution in [-0.2, 0) is 0 Å². The normalized spacial score (nSPS) is 14.3. The zero-order valence-corrected chi connectivity index (χ0v) is 16.6. The van der Waals surface area contributed by atoms with E-state index in [-0.39, 0.29) is 34.9 Å². The highest BCUT2D eigenvalue weighted by molar-refractivity contribution is 5.95. The van der Waals surface area contributed by atoms with E-state index in [9.17, 15) is 24.1 Å². The maximum atomic E-state index is 12.9. The first-order valence-electron chi connectivity index (χ1n) is 9.68. The predicted octanol–water partition coefficient (Wildman–Crippen LogP) is 3.72. The van der Waals surface area contributed by atoms with Gasteiger partial charge in [-0.15, -0.1) is 0 Å². The molecule has 1 saturated heterocycles. The van der Waals surface area contributed by atoms with Crippen molar-refractivity contribution >= 4 is 23.3 Å². The van der Waals surface area contributed by atoms with Gasteiger partial charge in [0.1, 0.15) is 5.82 Å². The van der Waals surface area contributed by atoms with Gasteiger partial charge in [-0.1, -0.05) is 6.07 Å². The molecule has 158 valence electrons. The van der Waals surface area contributed by atoms with Crippen molar-refractivity contribution in [2.75, 3.05) is 25.0 Å². The van der Waals surface area contributed by atoms with Crippen molar-refractivity contribution in [3.05, 3.63) is 69.5 Å². The van der Waals surface area contributed by atoms with Crippen molar-refractivity contribution in [3.8, 4) is 0 Å². The molecule has 2 aromatic rings. The summed E-state index contributed by atoms with van der Waals surface area (Å²) in [5.41, 5.74) is 1.21. The SMILES string of the molecule is Cc1ccc(C(=O)NCC2CCN(C(=O)Nc3ccc(F)cc3)CC2)cc1[N+](=O)[O-]. The molecular formula is C21H23FN4O4. The number of rotatable bonds is 5. The monoisotopic (exact) mass is 414 g/mol. The van der Waals surface area contributed by atoms with Crippen LogP contribution in [-0.4, -0.2) is 41.4 Å². The lowest BCUT2D eigenvalue weighted by Gasteiger charge is -2.32. The molecule has 2 N–H and O–H groups in total. The maximum Gasteiger partial charge on any atom is 0.321 e. The van der Waals surface area contributed by atoms with Crippen LogP contribution in [0, 0.1) is 28.8 Å². The second-order valence-corrected chi connectivity index (χ2v) is 7.34. The number of aryl methyl sites for hydroxylation is 1. The fraction of sp³-hybridized carbons (Fsp3) is 0.333. The predicted molar refractivity (Wildman–Crippen MR) is 110 cm³/mol. The summed E-state index contributed by atoms with van der Waals surface area (Å²) < 4.78 is 12.9.